The van der Waals surface area contributed by atoms with Crippen LogP contribution in [0.4, 0.5) is 13.2 Å². The highest BCUT2D eigenvalue weighted by Gasteiger charge is 2.41. The number of nitrogens with one attached hydrogen (secondary N) is 7. The SMILES string of the molecule is CCCCNC(=O)C(=O)C(CC(F)(F)F)NC(=O)[C@H](CC(C)C)NC(=O)[C@@H](NC(=O)[C@H](Cc1ccccc1C)NC(=O)[C@H](CCC(=O)O)NC(=O)[C@H](CC(=O)O)NC(=O)CCC(=O)O)C(C)(C)C. The molecule has 0 saturated heterocycles. The maximum atomic E-state index is 14.3. The number of ketones is 1. The molecule has 0 saturated carbocycles. The predicted octanol–water partition coefficient (Wildman–Crippen LogP) is 1.18. The van der Waals surface area contributed by atoms with E-state index in [4.69, 9.17) is 5.11 Å². The number of rotatable bonds is 29. The number of alkyl halides is 3. The number of benzene rings is 1. The van der Waals surface area contributed by atoms with Gasteiger partial charge in [0, 0.05) is 25.8 Å². The van der Waals surface area contributed by atoms with Gasteiger partial charge in [-0.1, -0.05) is 72.2 Å². The smallest absolute Gasteiger partial charge is 0.391 e. The van der Waals surface area contributed by atoms with E-state index in [9.17, 15) is 76.1 Å². The van der Waals surface area contributed by atoms with Gasteiger partial charge in [-0.2, -0.15) is 13.2 Å². The van der Waals surface area contributed by atoms with E-state index in [-0.39, 0.29) is 19.4 Å². The van der Waals surface area contributed by atoms with E-state index in [1.54, 1.807) is 52.0 Å². The maximum absolute atomic E-state index is 14.3. The lowest BCUT2D eigenvalue weighted by Crippen LogP contribution is -2.62. The van der Waals surface area contributed by atoms with Crippen molar-refractivity contribution in [2.45, 2.75) is 155 Å². The molecule has 1 aromatic rings. The second kappa shape index (κ2) is 27.9. The zero-order valence-electron chi connectivity index (χ0n) is 39.1. The second-order valence-electron chi connectivity index (χ2n) is 17.6. The van der Waals surface area contributed by atoms with Crippen LogP contribution < -0.4 is 37.2 Å². The topological polar surface area (TPSA) is 333 Å². The first-order valence-electron chi connectivity index (χ1n) is 21.8. The molecule has 0 aliphatic carbocycles. The summed E-state index contributed by atoms with van der Waals surface area (Å²) in [5.74, 6) is -14.4. The number of unbranched alkanes of at least 4 members (excludes halogenated alkanes) is 1. The zero-order valence-corrected chi connectivity index (χ0v) is 39.1. The number of carbonyl (C=O) groups excluding carboxylic acids is 8. The average molecular weight is 972 g/mol. The number of carbonyl (C=O) groups is 11. The Labute approximate surface area is 391 Å². The quantitative estimate of drug-likeness (QED) is 0.0398. The predicted molar refractivity (Wildman–Crippen MR) is 235 cm³/mol. The number of hydrogen-bond donors (Lipinski definition) is 10. The van der Waals surface area contributed by atoms with Crippen LogP contribution in [0.5, 0.6) is 0 Å². The molecule has 24 heteroatoms. The molecule has 6 atom stereocenters. The number of Topliss-reactive ketones (excluding diaryl/α,β-unsaturated/α-hetero) is 1. The summed E-state index contributed by atoms with van der Waals surface area (Å²) in [7, 11) is 0. The Morgan fingerprint density at radius 2 is 1.16 bits per heavy atom. The Balaban J connectivity index is 3.62. The molecule has 10 N–H and O–H groups in total. The van der Waals surface area contributed by atoms with Gasteiger partial charge in [0.05, 0.1) is 19.3 Å². The Kier molecular flexibility index (Phi) is 24.4. The number of carboxylic acid groups (broad SMARTS) is 3. The standard InChI is InChI=1S/C44H64F3N7O14/c1-8-9-18-48-41(67)35(62)30(22-44(45,46)47)53-38(64)27(19-23(2)3)52-42(68)36(43(5,6)7)54-40(66)28(20-25-13-11-10-12-24(25)4)51-37(63)26(14-16-32(56)57)50-39(65)29(21-34(60)61)49-31(55)15-17-33(58)59/h10-13,23,26-30,36H,8-9,14-22H2,1-7H3,(H,48,67)(H,49,55)(H,50,65)(H,51,63)(H,52,68)(H,53,64)(H,54,66)(H,56,57)(H,58,59)(H,60,61)/t26-,27-,28-,29-,30?,36+/m0/s1. The molecule has 0 aromatic heterocycles. The minimum absolute atomic E-state index is 0.00815. The first-order valence-corrected chi connectivity index (χ1v) is 21.8. The third kappa shape index (κ3) is 22.7. The van der Waals surface area contributed by atoms with Crippen molar-refractivity contribution in [3.63, 3.8) is 0 Å². The van der Waals surface area contributed by atoms with Gasteiger partial charge < -0.3 is 52.5 Å². The van der Waals surface area contributed by atoms with E-state index < -0.39 is 157 Å². The molecule has 0 heterocycles. The van der Waals surface area contributed by atoms with E-state index in [2.05, 4.69) is 31.9 Å². The summed E-state index contributed by atoms with van der Waals surface area (Å²) in [6.45, 7) is 11.3. The van der Waals surface area contributed by atoms with Gasteiger partial charge in [-0.05, 0) is 48.6 Å². The van der Waals surface area contributed by atoms with Gasteiger partial charge in [-0.3, -0.25) is 52.7 Å². The van der Waals surface area contributed by atoms with Crippen LogP contribution in [-0.4, -0.2) is 129 Å². The fourth-order valence-corrected chi connectivity index (χ4v) is 6.43. The van der Waals surface area contributed by atoms with Crippen molar-refractivity contribution >= 4 is 65.0 Å². The molecule has 0 aliphatic rings. The third-order valence-corrected chi connectivity index (χ3v) is 10.1. The van der Waals surface area contributed by atoms with Crippen molar-refractivity contribution in [2.24, 2.45) is 11.3 Å². The van der Waals surface area contributed by atoms with Gasteiger partial charge in [-0.25, -0.2) is 0 Å². The molecule has 68 heavy (non-hydrogen) atoms. The van der Waals surface area contributed by atoms with Crippen molar-refractivity contribution < 1.29 is 81.2 Å². The lowest BCUT2D eigenvalue weighted by Gasteiger charge is -2.34. The monoisotopic (exact) mass is 971 g/mol. The molecule has 0 spiro atoms. The first-order chi connectivity index (χ1) is 31.4. The molecule has 1 aromatic carbocycles. The number of hydrogen-bond acceptors (Lipinski definition) is 11. The van der Waals surface area contributed by atoms with Gasteiger partial charge in [-0.15, -0.1) is 0 Å². The highest BCUT2D eigenvalue weighted by atomic mass is 19.4. The summed E-state index contributed by atoms with van der Waals surface area (Å²) in [4.78, 5) is 141. The van der Waals surface area contributed by atoms with Crippen molar-refractivity contribution in [3.8, 4) is 0 Å². The minimum Gasteiger partial charge on any atom is -0.481 e. The van der Waals surface area contributed by atoms with E-state index in [0.29, 0.717) is 24.0 Å². The highest BCUT2D eigenvalue weighted by molar-refractivity contribution is 6.38. The van der Waals surface area contributed by atoms with E-state index in [1.165, 1.54) is 20.8 Å². The fourth-order valence-electron chi connectivity index (χ4n) is 6.43. The second-order valence-corrected chi connectivity index (χ2v) is 17.6. The van der Waals surface area contributed by atoms with Crippen LogP contribution in [0.25, 0.3) is 0 Å². The van der Waals surface area contributed by atoms with Crippen LogP contribution >= 0.6 is 0 Å². The Morgan fingerprint density at radius 1 is 0.632 bits per heavy atom. The first kappa shape index (κ1) is 59.4. The van der Waals surface area contributed by atoms with Crippen molar-refractivity contribution in [2.75, 3.05) is 6.54 Å². The Hall–Kier alpha value is -6.62. The molecule has 0 radical (unpaired) electrons. The molecular weight excluding hydrogens is 908 g/mol. The molecule has 21 nitrogen and oxygen atoms in total. The lowest BCUT2D eigenvalue weighted by atomic mass is 9.85. The number of aryl methyl sites for hydroxylation is 1. The van der Waals surface area contributed by atoms with Gasteiger partial charge in [0.2, 0.25) is 41.2 Å². The maximum Gasteiger partial charge on any atom is 0.391 e. The van der Waals surface area contributed by atoms with Crippen LogP contribution in [0.2, 0.25) is 0 Å². The van der Waals surface area contributed by atoms with Gasteiger partial charge in [0.1, 0.15) is 36.3 Å². The normalized spacial score (nSPS) is 14.1. The molecule has 7 amide bonds. The van der Waals surface area contributed by atoms with E-state index in [0.717, 1.165) is 0 Å². The number of carboxylic acids is 3. The molecular formula is C44H64F3N7O14. The molecule has 1 rings (SSSR count). The van der Waals surface area contributed by atoms with Gasteiger partial charge >= 0.3 is 24.1 Å². The van der Waals surface area contributed by atoms with Crippen LogP contribution in [0.1, 0.15) is 110 Å². The number of halogens is 3. The molecule has 1 unspecified atom stereocenters. The third-order valence-electron chi connectivity index (χ3n) is 10.1. The highest BCUT2D eigenvalue weighted by Crippen LogP contribution is 2.24. The lowest BCUT2D eigenvalue weighted by molar-refractivity contribution is -0.154. The molecule has 0 aliphatic heterocycles. The van der Waals surface area contributed by atoms with Crippen LogP contribution in [0.15, 0.2) is 24.3 Å². The summed E-state index contributed by atoms with van der Waals surface area (Å²) >= 11 is 0. The zero-order chi connectivity index (χ0) is 52.1. The van der Waals surface area contributed by atoms with E-state index >= 15 is 0 Å². The summed E-state index contributed by atoms with van der Waals surface area (Å²) in [6, 6.07) is -4.17. The summed E-state index contributed by atoms with van der Waals surface area (Å²) in [5.41, 5.74) is -0.0660. The van der Waals surface area contributed by atoms with Gasteiger partial charge in [0.25, 0.3) is 5.91 Å². The van der Waals surface area contributed by atoms with Crippen molar-refractivity contribution in [3.05, 3.63) is 35.4 Å². The largest absolute Gasteiger partial charge is 0.481 e. The van der Waals surface area contributed by atoms with Crippen molar-refractivity contribution in [1.29, 1.82) is 0 Å². The molecule has 380 valence electrons. The van der Waals surface area contributed by atoms with Gasteiger partial charge in [0.15, 0.2) is 0 Å². The van der Waals surface area contributed by atoms with Crippen LogP contribution in [0.3, 0.4) is 0 Å². The summed E-state index contributed by atoms with van der Waals surface area (Å²) < 4.78 is 40.9. The summed E-state index contributed by atoms with van der Waals surface area (Å²) in [5, 5.41) is 43.7. The minimum atomic E-state index is -5.01. The van der Waals surface area contributed by atoms with E-state index in [1.807, 2.05) is 5.32 Å². The van der Waals surface area contributed by atoms with Crippen LogP contribution in [0, 0.1) is 18.3 Å². The Morgan fingerprint density at radius 3 is 1.69 bits per heavy atom. The number of aliphatic carboxylic acids is 3. The Bertz CT molecular complexity index is 1990. The van der Waals surface area contributed by atoms with Crippen molar-refractivity contribution in [1.82, 2.24) is 37.2 Å². The number of amides is 7. The van der Waals surface area contributed by atoms with Crippen LogP contribution in [-0.2, 0) is 59.2 Å². The fraction of sp³-hybridized carbons (Fsp3) is 0.614. The molecule has 0 fully saturated rings. The summed E-state index contributed by atoms with van der Waals surface area (Å²) in [6.07, 6.45) is -10.0. The molecule has 0 bridgehead atoms. The average Bonchev–Trinajstić information content (AvgIpc) is 3.21.